The van der Waals surface area contributed by atoms with Gasteiger partial charge in [-0.2, -0.15) is 0 Å². The molecule has 1 aromatic heterocycles. The second-order valence-electron chi connectivity index (χ2n) is 6.97. The molecule has 5 heteroatoms. The largest absolute Gasteiger partial charge is 0.478 e. The van der Waals surface area contributed by atoms with Crippen molar-refractivity contribution in [3.8, 4) is 5.88 Å². The van der Waals surface area contributed by atoms with E-state index >= 15 is 0 Å². The van der Waals surface area contributed by atoms with Crippen molar-refractivity contribution in [2.45, 2.75) is 40.3 Å². The monoisotopic (exact) mass is 341 g/mol. The highest BCUT2D eigenvalue weighted by atomic mass is 16.5. The zero-order chi connectivity index (χ0) is 18.3. The number of hydrogen-bond acceptors (Lipinski definition) is 3. The van der Waals surface area contributed by atoms with E-state index in [1.165, 1.54) is 0 Å². The predicted octanol–water partition coefficient (Wildman–Crippen LogP) is 4.07. The predicted molar refractivity (Wildman–Crippen MR) is 99.4 cm³/mol. The van der Waals surface area contributed by atoms with Crippen molar-refractivity contribution in [1.82, 2.24) is 15.6 Å². The molecule has 25 heavy (non-hydrogen) atoms. The van der Waals surface area contributed by atoms with Crippen LogP contribution in [0, 0.1) is 5.41 Å². The Kier molecular flexibility index (Phi) is 6.39. The van der Waals surface area contributed by atoms with Crippen LogP contribution >= 0.6 is 0 Å². The molecular formula is C20H27N3O2. The van der Waals surface area contributed by atoms with E-state index in [0.717, 1.165) is 11.1 Å². The highest BCUT2D eigenvalue weighted by Gasteiger charge is 2.27. The molecule has 1 heterocycles. The van der Waals surface area contributed by atoms with Crippen molar-refractivity contribution in [1.29, 1.82) is 0 Å². The molecule has 0 aliphatic heterocycles. The molecule has 0 bridgehead atoms. The summed E-state index contributed by atoms with van der Waals surface area (Å²) in [5.41, 5.74) is 1.94. The number of rotatable bonds is 6. The smallest absolute Gasteiger partial charge is 0.315 e. The van der Waals surface area contributed by atoms with Crippen molar-refractivity contribution >= 4 is 6.03 Å². The molecule has 2 aromatic rings. The van der Waals surface area contributed by atoms with E-state index in [0.29, 0.717) is 19.0 Å². The Balaban J connectivity index is 1.99. The van der Waals surface area contributed by atoms with Crippen LogP contribution in [0.4, 0.5) is 4.79 Å². The van der Waals surface area contributed by atoms with Crippen molar-refractivity contribution in [3.05, 3.63) is 59.8 Å². The van der Waals surface area contributed by atoms with E-state index in [1.54, 1.807) is 6.20 Å². The Morgan fingerprint density at radius 1 is 1.20 bits per heavy atom. The van der Waals surface area contributed by atoms with Gasteiger partial charge in [0.05, 0.1) is 12.6 Å². The van der Waals surface area contributed by atoms with Gasteiger partial charge >= 0.3 is 6.03 Å². The maximum atomic E-state index is 12.4. The molecular weight excluding hydrogens is 314 g/mol. The van der Waals surface area contributed by atoms with Gasteiger partial charge in [-0.25, -0.2) is 9.78 Å². The molecule has 5 nitrogen and oxygen atoms in total. The van der Waals surface area contributed by atoms with Crippen LogP contribution in [-0.4, -0.2) is 17.6 Å². The van der Waals surface area contributed by atoms with Gasteiger partial charge in [0.2, 0.25) is 5.88 Å². The Labute approximate surface area is 149 Å². The van der Waals surface area contributed by atoms with E-state index in [2.05, 4.69) is 36.4 Å². The van der Waals surface area contributed by atoms with E-state index in [9.17, 15) is 4.79 Å². The summed E-state index contributed by atoms with van der Waals surface area (Å²) in [6, 6.07) is 13.4. The number of aromatic nitrogens is 1. The Bertz CT molecular complexity index is 681. The first-order chi connectivity index (χ1) is 11.9. The number of ether oxygens (including phenoxy) is 1. The number of amides is 2. The third kappa shape index (κ3) is 5.78. The normalized spacial score (nSPS) is 12.3. The number of carbonyl (C=O) groups is 1. The third-order valence-corrected chi connectivity index (χ3v) is 3.82. The fourth-order valence-electron chi connectivity index (χ4n) is 2.60. The molecule has 2 rings (SSSR count). The van der Waals surface area contributed by atoms with Crippen molar-refractivity contribution in [2.24, 2.45) is 5.41 Å². The van der Waals surface area contributed by atoms with E-state index in [1.807, 2.05) is 49.4 Å². The van der Waals surface area contributed by atoms with Gasteiger partial charge in [-0.15, -0.1) is 0 Å². The van der Waals surface area contributed by atoms with Crippen LogP contribution in [-0.2, 0) is 6.54 Å². The van der Waals surface area contributed by atoms with Gasteiger partial charge in [0.1, 0.15) is 0 Å². The molecule has 0 saturated heterocycles. The molecule has 0 saturated carbocycles. The summed E-state index contributed by atoms with van der Waals surface area (Å²) in [7, 11) is 0. The maximum absolute atomic E-state index is 12.4. The average Bonchev–Trinajstić information content (AvgIpc) is 2.58. The van der Waals surface area contributed by atoms with Crippen LogP contribution in [0.5, 0.6) is 5.88 Å². The Hall–Kier alpha value is -2.56. The summed E-state index contributed by atoms with van der Waals surface area (Å²) in [6.45, 7) is 9.23. The lowest BCUT2D eigenvalue weighted by Gasteiger charge is -2.32. The number of urea groups is 1. The van der Waals surface area contributed by atoms with Gasteiger partial charge < -0.3 is 15.4 Å². The Morgan fingerprint density at radius 3 is 2.56 bits per heavy atom. The maximum Gasteiger partial charge on any atom is 0.315 e. The summed E-state index contributed by atoms with van der Waals surface area (Å²) in [4.78, 5) is 16.5. The molecule has 0 spiro atoms. The zero-order valence-corrected chi connectivity index (χ0v) is 15.4. The van der Waals surface area contributed by atoms with Crippen LogP contribution in [0.15, 0.2) is 48.7 Å². The standard InChI is InChI=1S/C20H27N3O2/c1-5-25-17-13-15(11-12-21-17)14-22-19(24)23-18(20(2,3)4)16-9-7-6-8-10-16/h6-13,18H,5,14H2,1-4H3,(H2,22,23,24). The number of nitrogens with one attached hydrogen (secondary N) is 2. The summed E-state index contributed by atoms with van der Waals surface area (Å²) >= 11 is 0. The first kappa shape index (κ1) is 18.8. The fourth-order valence-corrected chi connectivity index (χ4v) is 2.60. The zero-order valence-electron chi connectivity index (χ0n) is 15.4. The molecule has 0 aliphatic carbocycles. The number of pyridine rings is 1. The van der Waals surface area contributed by atoms with Crippen molar-refractivity contribution in [2.75, 3.05) is 6.61 Å². The number of hydrogen-bond donors (Lipinski definition) is 2. The SMILES string of the molecule is CCOc1cc(CNC(=O)NC(c2ccccc2)C(C)(C)C)ccn1. The first-order valence-electron chi connectivity index (χ1n) is 8.57. The van der Waals surface area contributed by atoms with Gasteiger partial charge in [-0.3, -0.25) is 0 Å². The quantitative estimate of drug-likeness (QED) is 0.832. The van der Waals surface area contributed by atoms with Crippen molar-refractivity contribution in [3.63, 3.8) is 0 Å². The van der Waals surface area contributed by atoms with Crippen LogP contribution < -0.4 is 15.4 Å². The van der Waals surface area contributed by atoms with Gasteiger partial charge in [0, 0.05) is 18.8 Å². The van der Waals surface area contributed by atoms with Crippen molar-refractivity contribution < 1.29 is 9.53 Å². The summed E-state index contributed by atoms with van der Waals surface area (Å²) in [5, 5.41) is 5.99. The minimum atomic E-state index is -0.196. The lowest BCUT2D eigenvalue weighted by molar-refractivity contribution is 0.218. The molecule has 134 valence electrons. The average molecular weight is 341 g/mol. The fraction of sp³-hybridized carbons (Fsp3) is 0.400. The topological polar surface area (TPSA) is 63.2 Å². The number of nitrogens with zero attached hydrogens (tertiary/aromatic N) is 1. The molecule has 0 fully saturated rings. The Morgan fingerprint density at radius 2 is 1.92 bits per heavy atom. The summed E-state index contributed by atoms with van der Waals surface area (Å²) in [6.07, 6.45) is 1.68. The molecule has 0 radical (unpaired) electrons. The highest BCUT2D eigenvalue weighted by molar-refractivity contribution is 5.74. The van der Waals surface area contributed by atoms with Crippen LogP contribution in [0.3, 0.4) is 0 Å². The van der Waals surface area contributed by atoms with Gasteiger partial charge in [-0.1, -0.05) is 51.1 Å². The molecule has 1 aromatic carbocycles. The highest BCUT2D eigenvalue weighted by Crippen LogP contribution is 2.32. The molecule has 2 N–H and O–H groups in total. The van der Waals surface area contributed by atoms with Gasteiger partial charge in [-0.05, 0) is 29.5 Å². The van der Waals surface area contributed by atoms with Gasteiger partial charge in [0.15, 0.2) is 0 Å². The van der Waals surface area contributed by atoms with Crippen LogP contribution in [0.25, 0.3) is 0 Å². The van der Waals surface area contributed by atoms with E-state index in [4.69, 9.17) is 4.74 Å². The van der Waals surface area contributed by atoms with E-state index < -0.39 is 0 Å². The molecule has 2 amide bonds. The summed E-state index contributed by atoms with van der Waals surface area (Å²) in [5.74, 6) is 0.569. The third-order valence-electron chi connectivity index (χ3n) is 3.82. The molecule has 1 atom stereocenters. The number of benzene rings is 1. The summed E-state index contributed by atoms with van der Waals surface area (Å²) < 4.78 is 5.38. The molecule has 1 unspecified atom stereocenters. The lowest BCUT2D eigenvalue weighted by atomic mass is 9.82. The molecule has 0 aliphatic rings. The number of carbonyl (C=O) groups excluding carboxylic acids is 1. The van der Waals surface area contributed by atoms with Crippen LogP contribution in [0.2, 0.25) is 0 Å². The lowest BCUT2D eigenvalue weighted by Crippen LogP contribution is -2.42. The second-order valence-corrected chi connectivity index (χ2v) is 6.97. The first-order valence-corrected chi connectivity index (χ1v) is 8.57. The van der Waals surface area contributed by atoms with E-state index in [-0.39, 0.29) is 17.5 Å². The minimum absolute atomic E-state index is 0.0786. The minimum Gasteiger partial charge on any atom is -0.478 e. The van der Waals surface area contributed by atoms with Gasteiger partial charge in [0.25, 0.3) is 0 Å². The van der Waals surface area contributed by atoms with Crippen LogP contribution in [0.1, 0.15) is 44.9 Å². The second kappa shape index (κ2) is 8.51.